The number of nitrogens with one attached hydrogen (secondary N) is 4. The van der Waals surface area contributed by atoms with Gasteiger partial charge in [-0.05, 0) is 77.0 Å². The van der Waals surface area contributed by atoms with Gasteiger partial charge in [0.05, 0.1) is 61.8 Å². The zero-order valence-corrected chi connectivity index (χ0v) is 58.6. The molecule has 8 aromatic heterocycles. The third-order valence-corrected chi connectivity index (χ3v) is 20.4. The van der Waals surface area contributed by atoms with Crippen LogP contribution in [0.25, 0.3) is 44.7 Å². The van der Waals surface area contributed by atoms with Crippen molar-refractivity contribution in [1.82, 2.24) is 78.1 Å². The molecule has 0 bridgehead atoms. The third-order valence-electron chi connectivity index (χ3n) is 20.4. The zero-order chi connectivity index (χ0) is 79.3. The van der Waals surface area contributed by atoms with Gasteiger partial charge in [0.1, 0.15) is 125 Å². The molecule has 16 N–H and O–H groups in total. The predicted octanol–water partition coefficient (Wildman–Crippen LogP) is -4.08. The second-order valence-corrected chi connectivity index (χ2v) is 27.6. The molecule has 52 heteroatoms. The Kier molecular flexibility index (Phi) is 24.7. The standard InChI is InChI=1S/4C15H20N6O7/c2*22-8-2-1-7(3-8)19-13-10-14(17-5-16-13)20(6-18-10)15-12(24)11(23)9(28-15)4-27-21(25)26;2*22-8-3-1-2-7(8)19-13-10-14(17-5-16-13)20(6-18-10)15-12(24)11(23)9(28-15)4-27-21(25)26/h4*5-9,11-12,15,22-24H,1-4H2,(H,16,17,19)/t7-,8+,9+,11+,12+,15+;7-,8-,9+,11+,12+,15+;7-,8+,9+,11+,12+,15+;7-,8-,9+,11+,12+,15+/m0000/s1. The second kappa shape index (κ2) is 34.7. The van der Waals surface area contributed by atoms with Crippen LogP contribution in [0.1, 0.15) is 102 Å². The van der Waals surface area contributed by atoms with Gasteiger partial charge in [-0.3, -0.25) is 18.3 Å². The fourth-order valence-corrected chi connectivity index (χ4v) is 14.6. The van der Waals surface area contributed by atoms with Gasteiger partial charge in [0, 0.05) is 12.1 Å². The lowest BCUT2D eigenvalue weighted by Gasteiger charge is -2.18. The molecule has 52 nitrogen and oxygen atoms in total. The molecule has 8 aliphatic rings. The van der Waals surface area contributed by atoms with Crippen LogP contribution in [-0.2, 0) is 38.3 Å². The van der Waals surface area contributed by atoms with E-state index in [1.807, 2.05) is 0 Å². The second-order valence-electron chi connectivity index (χ2n) is 27.6. The van der Waals surface area contributed by atoms with Gasteiger partial charge in [-0.1, -0.05) is 0 Å². The van der Waals surface area contributed by atoms with E-state index in [1.54, 1.807) is 0 Å². The lowest BCUT2D eigenvalue weighted by atomic mass is 10.1. The molecule has 24 atom stereocenters. The number of rotatable bonds is 24. The quantitative estimate of drug-likeness (QED) is 0.0202. The fraction of sp³-hybridized carbons (Fsp3) is 0.667. The van der Waals surface area contributed by atoms with Gasteiger partial charge < -0.3 is 121 Å². The van der Waals surface area contributed by atoms with Crippen molar-refractivity contribution < 1.29 is 120 Å². The molecular weight excluding hydrogens is 1500 g/mol. The van der Waals surface area contributed by atoms with Crippen LogP contribution < -0.4 is 21.3 Å². The van der Waals surface area contributed by atoms with Crippen molar-refractivity contribution in [3.05, 3.63) is 91.1 Å². The minimum atomic E-state index is -1.38. The molecule has 0 amide bonds. The highest BCUT2D eigenvalue weighted by Gasteiger charge is 2.49. The van der Waals surface area contributed by atoms with Gasteiger partial charge in [0.25, 0.3) is 20.3 Å². The van der Waals surface area contributed by atoms with Crippen molar-refractivity contribution in [2.24, 2.45) is 0 Å². The Morgan fingerprint density at radius 3 is 0.830 bits per heavy atom. The summed E-state index contributed by atoms with van der Waals surface area (Å²) in [6.45, 7) is -2.06. The van der Waals surface area contributed by atoms with E-state index in [0.717, 1.165) is 38.5 Å². The van der Waals surface area contributed by atoms with Crippen LogP contribution in [0.4, 0.5) is 23.3 Å². The van der Waals surface area contributed by atoms with E-state index < -0.39 is 157 Å². The highest BCUT2D eigenvalue weighted by Crippen LogP contribution is 2.39. The Labute approximate surface area is 626 Å². The number of ether oxygens (including phenoxy) is 4. The van der Waals surface area contributed by atoms with Gasteiger partial charge in [0.2, 0.25) is 0 Å². The van der Waals surface area contributed by atoms with E-state index >= 15 is 0 Å². The average Bonchev–Trinajstić information content (AvgIpc) is 1.64. The highest BCUT2D eigenvalue weighted by molar-refractivity contribution is 5.85. The summed E-state index contributed by atoms with van der Waals surface area (Å²) in [5, 5.41) is 171. The van der Waals surface area contributed by atoms with Gasteiger partial charge in [-0.15, -0.1) is 40.5 Å². The van der Waals surface area contributed by atoms with Crippen molar-refractivity contribution in [3.63, 3.8) is 0 Å². The Hall–Kier alpha value is -10.4. The minimum absolute atomic E-state index is 0.0667. The van der Waals surface area contributed by atoms with Crippen LogP contribution in [0.3, 0.4) is 0 Å². The first-order valence-corrected chi connectivity index (χ1v) is 35.4. The number of hydrogen-bond acceptors (Lipinski definition) is 44. The number of hydrogen-bond donors (Lipinski definition) is 16. The van der Waals surface area contributed by atoms with E-state index in [-0.39, 0.29) is 36.4 Å². The molecule has 0 unspecified atom stereocenters. The number of aromatic nitrogens is 16. The molecular formula is C60H80N24O28. The highest BCUT2D eigenvalue weighted by atomic mass is 17.0. The van der Waals surface area contributed by atoms with E-state index in [2.05, 4.69) is 100 Å². The molecule has 0 spiro atoms. The summed E-state index contributed by atoms with van der Waals surface area (Å²) in [6.07, 6.45) is -1.09. The molecule has 16 rings (SSSR count). The number of imidazole rings is 4. The Bertz CT molecular complexity index is 4290. The van der Waals surface area contributed by atoms with E-state index in [9.17, 15) is 102 Å². The van der Waals surface area contributed by atoms with E-state index in [1.165, 1.54) is 68.9 Å². The molecule has 4 saturated heterocycles. The maximum atomic E-state index is 10.4. The summed E-state index contributed by atoms with van der Waals surface area (Å²) in [6, 6.07) is -0.141. The number of anilines is 4. The Morgan fingerprint density at radius 2 is 0.607 bits per heavy atom. The monoisotopic (exact) mass is 1580 g/mol. The zero-order valence-electron chi connectivity index (χ0n) is 58.6. The largest absolute Gasteiger partial charge is 0.393 e. The topological polar surface area (TPSA) is 712 Å². The van der Waals surface area contributed by atoms with Gasteiger partial charge in [0.15, 0.2) is 92.8 Å². The third kappa shape index (κ3) is 17.4. The number of aliphatic hydroxyl groups excluding tert-OH is 12. The summed E-state index contributed by atoms with van der Waals surface area (Å²) in [7, 11) is 0. The molecule has 112 heavy (non-hydrogen) atoms. The van der Waals surface area contributed by atoms with Crippen molar-refractivity contribution in [3.8, 4) is 0 Å². The molecule has 8 fully saturated rings. The first kappa shape index (κ1) is 79.6. The molecule has 0 radical (unpaired) electrons. The van der Waals surface area contributed by atoms with Crippen LogP contribution in [0.5, 0.6) is 0 Å². The minimum Gasteiger partial charge on any atom is -0.393 e. The molecule has 12 heterocycles. The molecule has 4 aliphatic carbocycles. The van der Waals surface area contributed by atoms with Crippen LogP contribution in [-0.4, -0.2) is 308 Å². The summed E-state index contributed by atoms with van der Waals surface area (Å²) >= 11 is 0. The summed E-state index contributed by atoms with van der Waals surface area (Å²) in [4.78, 5) is 109. The first-order chi connectivity index (χ1) is 53.8. The summed E-state index contributed by atoms with van der Waals surface area (Å²) in [5.74, 6) is 1.86. The fourth-order valence-electron chi connectivity index (χ4n) is 14.6. The number of fused-ring (bicyclic) bond motifs is 4. The molecule has 4 aliphatic heterocycles. The van der Waals surface area contributed by atoms with E-state index in [4.69, 9.17) is 18.9 Å². The maximum absolute atomic E-state index is 10.4. The summed E-state index contributed by atoms with van der Waals surface area (Å²) in [5.41, 5.74) is 3.13. The van der Waals surface area contributed by atoms with Crippen LogP contribution in [0, 0.1) is 40.5 Å². The van der Waals surface area contributed by atoms with Gasteiger partial charge in [-0.2, -0.15) is 0 Å². The smallest absolute Gasteiger partial charge is 0.294 e. The Balaban J connectivity index is 0.000000131. The average molecular weight is 1590 g/mol. The maximum Gasteiger partial charge on any atom is 0.294 e. The number of aliphatic hydroxyl groups is 12. The van der Waals surface area contributed by atoms with E-state index in [0.29, 0.717) is 106 Å². The van der Waals surface area contributed by atoms with Crippen LogP contribution in [0.15, 0.2) is 50.6 Å². The molecule has 608 valence electrons. The van der Waals surface area contributed by atoms with Crippen LogP contribution in [0.2, 0.25) is 0 Å². The normalized spacial score (nSPS) is 32.7. The van der Waals surface area contributed by atoms with Crippen molar-refractivity contribution in [1.29, 1.82) is 0 Å². The van der Waals surface area contributed by atoms with Crippen molar-refractivity contribution >= 4 is 67.9 Å². The molecule has 8 aromatic rings. The van der Waals surface area contributed by atoms with Gasteiger partial charge >= 0.3 is 0 Å². The lowest BCUT2D eigenvalue weighted by molar-refractivity contribution is -0.759. The van der Waals surface area contributed by atoms with Crippen LogP contribution >= 0.6 is 0 Å². The molecule has 0 aromatic carbocycles. The lowest BCUT2D eigenvalue weighted by Crippen LogP contribution is -2.34. The number of nitrogens with zero attached hydrogens (tertiary/aromatic N) is 20. The van der Waals surface area contributed by atoms with Gasteiger partial charge in [-0.25, -0.2) is 59.8 Å². The molecule has 4 saturated carbocycles. The predicted molar refractivity (Wildman–Crippen MR) is 366 cm³/mol. The first-order valence-electron chi connectivity index (χ1n) is 35.4. The van der Waals surface area contributed by atoms with Crippen molar-refractivity contribution in [2.45, 2.75) is 224 Å². The van der Waals surface area contributed by atoms with Crippen molar-refractivity contribution in [2.75, 3.05) is 47.7 Å². The summed E-state index contributed by atoms with van der Waals surface area (Å²) < 4.78 is 27.9. The Morgan fingerprint density at radius 1 is 0.348 bits per heavy atom. The SMILES string of the molecule is O=[N+]([O-])OC[C@H]1O[C@@H](n2cnc3c(N[C@H]4CCC[C@@H]4O)ncnc32)[C@H](O)[C@@H]1O.O=[N+]([O-])OC[C@H]1O[C@@H](n2cnc3c(N[C@H]4CCC[C@H]4O)ncnc32)[C@H](O)[C@@H]1O.O=[N+]([O-])OC[C@H]1O[C@@H](n2cnc3c(N[C@H]4CC[C@@H](O)C4)ncnc32)[C@H](O)[C@@H]1O.O=[N+]([O-])OC[C@H]1O[C@@H](n2cnc3c(N[C@H]4CC[C@H](O)C4)ncnc32)[C@H](O)[C@@H]1O.